The molecule has 2 N–H and O–H groups in total. The molecule has 1 amide bonds. The number of carboxylic acid groups (broad SMARTS) is 1. The SMILES string of the molecule is COc1cccc(C(=O)Nc2ccc(-c3ccc(-c4csc(CC(=O)O)n4)o3)c(Cl)c2)c1. The van der Waals surface area contributed by atoms with Gasteiger partial charge in [-0.25, -0.2) is 4.98 Å². The molecule has 2 aromatic heterocycles. The van der Waals surface area contributed by atoms with E-state index in [-0.39, 0.29) is 12.3 Å². The van der Waals surface area contributed by atoms with E-state index in [0.717, 1.165) is 0 Å². The average molecular weight is 469 g/mol. The second kappa shape index (κ2) is 9.25. The van der Waals surface area contributed by atoms with Crippen LogP contribution in [0.25, 0.3) is 22.8 Å². The maximum Gasteiger partial charge on any atom is 0.310 e. The highest BCUT2D eigenvalue weighted by molar-refractivity contribution is 7.10. The van der Waals surface area contributed by atoms with Crippen molar-refractivity contribution in [2.24, 2.45) is 0 Å². The molecule has 162 valence electrons. The van der Waals surface area contributed by atoms with Crippen molar-refractivity contribution >= 4 is 40.5 Å². The van der Waals surface area contributed by atoms with Crippen LogP contribution in [0.3, 0.4) is 0 Å². The molecule has 0 saturated carbocycles. The fourth-order valence-corrected chi connectivity index (χ4v) is 4.06. The van der Waals surface area contributed by atoms with Crippen molar-refractivity contribution in [2.75, 3.05) is 12.4 Å². The van der Waals surface area contributed by atoms with Crippen LogP contribution < -0.4 is 10.1 Å². The summed E-state index contributed by atoms with van der Waals surface area (Å²) >= 11 is 7.71. The first-order valence-corrected chi connectivity index (χ1v) is 10.7. The molecule has 0 bridgehead atoms. The number of furan rings is 1. The van der Waals surface area contributed by atoms with Gasteiger partial charge in [0.2, 0.25) is 0 Å². The smallest absolute Gasteiger partial charge is 0.310 e. The van der Waals surface area contributed by atoms with E-state index in [4.69, 9.17) is 25.9 Å². The van der Waals surface area contributed by atoms with Gasteiger partial charge in [-0.2, -0.15) is 0 Å². The van der Waals surface area contributed by atoms with Crippen molar-refractivity contribution in [3.05, 3.63) is 75.6 Å². The largest absolute Gasteiger partial charge is 0.497 e. The molecule has 0 aliphatic heterocycles. The van der Waals surface area contributed by atoms with Gasteiger partial charge in [-0.05, 0) is 48.5 Å². The highest BCUT2D eigenvalue weighted by Gasteiger charge is 2.15. The maximum atomic E-state index is 12.5. The summed E-state index contributed by atoms with van der Waals surface area (Å²) in [6, 6.07) is 15.5. The van der Waals surface area contributed by atoms with Crippen molar-refractivity contribution in [2.45, 2.75) is 6.42 Å². The van der Waals surface area contributed by atoms with Crippen LogP contribution in [0.2, 0.25) is 5.02 Å². The fraction of sp³-hybridized carbons (Fsp3) is 0.0870. The van der Waals surface area contributed by atoms with Gasteiger partial charge in [0.05, 0.1) is 18.6 Å². The van der Waals surface area contributed by atoms with Gasteiger partial charge in [-0.15, -0.1) is 11.3 Å². The molecule has 2 aromatic carbocycles. The highest BCUT2D eigenvalue weighted by atomic mass is 35.5. The Kier molecular flexibility index (Phi) is 6.25. The van der Waals surface area contributed by atoms with Crippen LogP contribution in [0.1, 0.15) is 15.4 Å². The number of anilines is 1. The molecule has 4 aromatic rings. The Morgan fingerprint density at radius 1 is 1.16 bits per heavy atom. The monoisotopic (exact) mass is 468 g/mol. The van der Waals surface area contributed by atoms with E-state index in [2.05, 4.69) is 10.3 Å². The number of halogens is 1. The van der Waals surface area contributed by atoms with Gasteiger partial charge in [-0.1, -0.05) is 17.7 Å². The maximum absolute atomic E-state index is 12.5. The number of thiazole rings is 1. The molecular weight excluding hydrogens is 452 g/mol. The van der Waals surface area contributed by atoms with Crippen LogP contribution in [0.5, 0.6) is 5.75 Å². The number of hydrogen-bond donors (Lipinski definition) is 2. The molecule has 0 aliphatic carbocycles. The summed E-state index contributed by atoms with van der Waals surface area (Å²) in [5.74, 6) is 0.419. The third-order valence-electron chi connectivity index (χ3n) is 4.54. The summed E-state index contributed by atoms with van der Waals surface area (Å²) in [7, 11) is 1.54. The summed E-state index contributed by atoms with van der Waals surface area (Å²) in [5, 5.41) is 14.4. The number of carbonyl (C=O) groups excluding carboxylic acids is 1. The molecule has 0 unspecified atom stereocenters. The Labute approximate surface area is 192 Å². The van der Waals surface area contributed by atoms with E-state index in [0.29, 0.717) is 49.8 Å². The number of benzene rings is 2. The van der Waals surface area contributed by atoms with Crippen molar-refractivity contribution < 1.29 is 23.8 Å². The lowest BCUT2D eigenvalue weighted by molar-refractivity contribution is -0.136. The number of methoxy groups -OCH3 is 1. The molecule has 0 radical (unpaired) electrons. The minimum Gasteiger partial charge on any atom is -0.497 e. The van der Waals surface area contributed by atoms with E-state index in [1.54, 1.807) is 67.1 Å². The minimum absolute atomic E-state index is 0.132. The molecule has 4 rings (SSSR count). The standard InChI is InChI=1S/C23H17ClN2O5S/c1-30-15-4-2-3-13(9-15)23(29)25-14-5-6-16(17(24)10-14)19-7-8-20(31-19)18-12-32-21(26-18)11-22(27)28/h2-10,12H,11H2,1H3,(H,25,29)(H,27,28). The molecule has 7 nitrogen and oxygen atoms in total. The summed E-state index contributed by atoms with van der Waals surface area (Å²) in [4.78, 5) is 27.6. The zero-order chi connectivity index (χ0) is 22.7. The molecule has 2 heterocycles. The lowest BCUT2D eigenvalue weighted by Crippen LogP contribution is -2.11. The quantitative estimate of drug-likeness (QED) is 0.365. The number of nitrogens with one attached hydrogen (secondary N) is 1. The summed E-state index contributed by atoms with van der Waals surface area (Å²) < 4.78 is 11.0. The van der Waals surface area contributed by atoms with E-state index in [1.807, 2.05) is 0 Å². The second-order valence-corrected chi connectivity index (χ2v) is 8.09. The Morgan fingerprint density at radius 2 is 1.97 bits per heavy atom. The summed E-state index contributed by atoms with van der Waals surface area (Å²) in [6.07, 6.45) is -0.132. The number of aromatic nitrogens is 1. The third-order valence-corrected chi connectivity index (χ3v) is 5.70. The average Bonchev–Trinajstić information content (AvgIpc) is 3.43. The summed E-state index contributed by atoms with van der Waals surface area (Å²) in [5.41, 5.74) is 2.22. The Hall–Kier alpha value is -3.62. The summed E-state index contributed by atoms with van der Waals surface area (Å²) in [6.45, 7) is 0. The van der Waals surface area contributed by atoms with Crippen LogP contribution in [0, 0.1) is 0 Å². The minimum atomic E-state index is -0.934. The first kappa shape index (κ1) is 21.6. The fourth-order valence-electron chi connectivity index (χ4n) is 3.02. The van der Waals surface area contributed by atoms with Gasteiger partial charge in [-0.3, -0.25) is 9.59 Å². The van der Waals surface area contributed by atoms with E-state index in [1.165, 1.54) is 11.3 Å². The van der Waals surface area contributed by atoms with Crippen LogP contribution in [0.15, 0.2) is 64.4 Å². The second-order valence-electron chi connectivity index (χ2n) is 6.74. The molecule has 32 heavy (non-hydrogen) atoms. The number of hydrogen-bond acceptors (Lipinski definition) is 6. The molecule has 0 atom stereocenters. The zero-order valence-electron chi connectivity index (χ0n) is 16.8. The van der Waals surface area contributed by atoms with Gasteiger partial charge in [0, 0.05) is 22.2 Å². The predicted octanol–water partition coefficient (Wildman–Crippen LogP) is 5.61. The first-order valence-electron chi connectivity index (χ1n) is 9.44. The Balaban J connectivity index is 1.50. The van der Waals surface area contributed by atoms with Crippen LogP contribution in [-0.2, 0) is 11.2 Å². The number of carboxylic acids is 1. The topological polar surface area (TPSA) is 102 Å². The molecule has 0 aliphatic rings. The van der Waals surface area contributed by atoms with Gasteiger partial charge in [0.15, 0.2) is 5.76 Å². The molecule has 9 heteroatoms. The van der Waals surface area contributed by atoms with Crippen molar-refractivity contribution in [1.82, 2.24) is 4.98 Å². The zero-order valence-corrected chi connectivity index (χ0v) is 18.4. The van der Waals surface area contributed by atoms with E-state index in [9.17, 15) is 9.59 Å². The van der Waals surface area contributed by atoms with Gasteiger partial charge >= 0.3 is 5.97 Å². The van der Waals surface area contributed by atoms with Crippen molar-refractivity contribution in [3.8, 4) is 28.5 Å². The number of nitrogens with zero attached hydrogens (tertiary/aromatic N) is 1. The van der Waals surface area contributed by atoms with Gasteiger partial charge in [0.1, 0.15) is 22.2 Å². The van der Waals surface area contributed by atoms with Crippen molar-refractivity contribution in [3.63, 3.8) is 0 Å². The van der Waals surface area contributed by atoms with Crippen LogP contribution in [0.4, 0.5) is 5.69 Å². The Morgan fingerprint density at radius 3 is 2.72 bits per heavy atom. The molecule has 0 spiro atoms. The first-order chi connectivity index (χ1) is 15.4. The number of ether oxygens (including phenoxy) is 1. The van der Waals surface area contributed by atoms with E-state index >= 15 is 0 Å². The normalized spacial score (nSPS) is 10.7. The lowest BCUT2D eigenvalue weighted by atomic mass is 10.1. The van der Waals surface area contributed by atoms with Crippen LogP contribution in [-0.4, -0.2) is 29.1 Å². The number of aliphatic carboxylic acids is 1. The lowest BCUT2D eigenvalue weighted by Gasteiger charge is -2.09. The van der Waals surface area contributed by atoms with Crippen LogP contribution >= 0.6 is 22.9 Å². The molecule has 0 fully saturated rings. The Bertz CT molecular complexity index is 1300. The predicted molar refractivity (Wildman–Crippen MR) is 123 cm³/mol. The molecule has 0 saturated heterocycles. The van der Waals surface area contributed by atoms with E-state index < -0.39 is 5.97 Å². The number of amides is 1. The van der Waals surface area contributed by atoms with Crippen molar-refractivity contribution in [1.29, 1.82) is 0 Å². The number of rotatable bonds is 7. The highest BCUT2D eigenvalue weighted by Crippen LogP contribution is 2.34. The number of carbonyl (C=O) groups is 2. The van der Waals surface area contributed by atoms with Gasteiger partial charge < -0.3 is 19.6 Å². The molecular formula is C23H17ClN2O5S. The van der Waals surface area contributed by atoms with Gasteiger partial charge in [0.25, 0.3) is 5.91 Å². The third kappa shape index (κ3) is 4.82.